The first-order valence-electron chi connectivity index (χ1n) is 6.29. The van der Waals surface area contributed by atoms with Crippen LogP contribution in [-0.2, 0) is 10.0 Å². The highest BCUT2D eigenvalue weighted by Gasteiger charge is 2.27. The van der Waals surface area contributed by atoms with Gasteiger partial charge in [0.05, 0.1) is 6.20 Å². The minimum Gasteiger partial charge on any atom is -0.478 e. The van der Waals surface area contributed by atoms with Gasteiger partial charge >= 0.3 is 5.97 Å². The number of sulfonamides is 1. The van der Waals surface area contributed by atoms with Gasteiger partial charge in [0.2, 0.25) is 0 Å². The van der Waals surface area contributed by atoms with Crippen molar-refractivity contribution in [2.45, 2.75) is 24.4 Å². The van der Waals surface area contributed by atoms with Crippen molar-refractivity contribution in [1.82, 2.24) is 14.9 Å². The lowest BCUT2D eigenvalue weighted by molar-refractivity contribution is 0.0692. The van der Waals surface area contributed by atoms with Gasteiger partial charge in [-0.05, 0) is 12.0 Å². The number of carbonyl (C=O) groups is 1. The molecule has 0 aliphatic carbocycles. The largest absolute Gasteiger partial charge is 0.478 e. The highest BCUT2D eigenvalue weighted by Crippen LogP contribution is 2.20. The highest BCUT2D eigenvalue weighted by molar-refractivity contribution is 7.89. The standard InChI is InChI=1S/C13H15N3O4S/c1-2-11(9-6-4-3-5-7-9)16-21(19,20)12-10(13(17)18)8-14-15-12/h3-8,11,16H,2H2,1H3,(H,14,15)(H,17,18). The third-order valence-electron chi connectivity index (χ3n) is 3.01. The molecule has 8 heteroatoms. The van der Waals surface area contributed by atoms with E-state index < -0.39 is 27.1 Å². The first-order valence-corrected chi connectivity index (χ1v) is 7.78. The first-order chi connectivity index (χ1) is 9.95. The van der Waals surface area contributed by atoms with E-state index in [2.05, 4.69) is 14.9 Å². The maximum absolute atomic E-state index is 12.3. The number of aromatic carboxylic acids is 1. The molecule has 0 spiro atoms. The normalized spacial score (nSPS) is 13.0. The summed E-state index contributed by atoms with van der Waals surface area (Å²) in [6.45, 7) is 1.84. The van der Waals surface area contributed by atoms with E-state index in [-0.39, 0.29) is 5.56 Å². The molecule has 0 aliphatic rings. The molecule has 2 aromatic rings. The number of rotatable bonds is 6. The zero-order chi connectivity index (χ0) is 15.5. The monoisotopic (exact) mass is 309 g/mol. The van der Waals surface area contributed by atoms with Gasteiger partial charge in [0.1, 0.15) is 5.56 Å². The van der Waals surface area contributed by atoms with Gasteiger partial charge in [0, 0.05) is 6.04 Å². The summed E-state index contributed by atoms with van der Waals surface area (Å²) in [5.74, 6) is -1.35. The fourth-order valence-corrected chi connectivity index (χ4v) is 3.35. The van der Waals surface area contributed by atoms with Gasteiger partial charge in [-0.2, -0.15) is 5.10 Å². The molecule has 21 heavy (non-hydrogen) atoms. The van der Waals surface area contributed by atoms with Crippen LogP contribution < -0.4 is 4.72 Å². The lowest BCUT2D eigenvalue weighted by Gasteiger charge is -2.17. The summed E-state index contributed by atoms with van der Waals surface area (Å²) in [7, 11) is -4.00. The Morgan fingerprint density at radius 2 is 2.05 bits per heavy atom. The maximum atomic E-state index is 12.3. The zero-order valence-corrected chi connectivity index (χ0v) is 12.1. The molecular formula is C13H15N3O4S. The second-order valence-electron chi connectivity index (χ2n) is 4.41. The van der Waals surface area contributed by atoms with Gasteiger partial charge in [-0.15, -0.1) is 0 Å². The molecule has 0 saturated carbocycles. The van der Waals surface area contributed by atoms with E-state index >= 15 is 0 Å². The van der Waals surface area contributed by atoms with Gasteiger partial charge in [0.15, 0.2) is 5.03 Å². The van der Waals surface area contributed by atoms with E-state index in [9.17, 15) is 13.2 Å². The van der Waals surface area contributed by atoms with Gasteiger partial charge in [-0.25, -0.2) is 17.9 Å². The van der Waals surface area contributed by atoms with Crippen LogP contribution in [0.3, 0.4) is 0 Å². The molecule has 2 rings (SSSR count). The van der Waals surface area contributed by atoms with Gasteiger partial charge in [-0.1, -0.05) is 37.3 Å². The SMILES string of the molecule is CCC(NS(=O)(=O)c1[nH]ncc1C(=O)O)c1ccccc1. The van der Waals surface area contributed by atoms with E-state index in [0.717, 1.165) is 11.8 Å². The summed E-state index contributed by atoms with van der Waals surface area (Å²) in [4.78, 5) is 11.0. The van der Waals surface area contributed by atoms with E-state index in [1.807, 2.05) is 37.3 Å². The maximum Gasteiger partial charge on any atom is 0.340 e. The number of benzene rings is 1. The van der Waals surface area contributed by atoms with Crippen LogP contribution in [0.4, 0.5) is 0 Å². The van der Waals surface area contributed by atoms with E-state index in [1.54, 1.807) is 0 Å². The Hall–Kier alpha value is -2.19. The molecule has 0 radical (unpaired) electrons. The predicted molar refractivity (Wildman–Crippen MR) is 75.3 cm³/mol. The Labute approximate surface area is 122 Å². The molecule has 7 nitrogen and oxygen atoms in total. The number of carboxylic acid groups (broad SMARTS) is 1. The average molecular weight is 309 g/mol. The molecule has 1 heterocycles. The van der Waals surface area contributed by atoms with E-state index in [0.29, 0.717) is 6.42 Å². The van der Waals surface area contributed by atoms with Crippen LogP contribution in [0.2, 0.25) is 0 Å². The second kappa shape index (κ2) is 6.06. The van der Waals surface area contributed by atoms with Gasteiger partial charge in [-0.3, -0.25) is 5.10 Å². The van der Waals surface area contributed by atoms with Crippen molar-refractivity contribution in [3.05, 3.63) is 47.7 Å². The molecule has 0 bridgehead atoms. The Balaban J connectivity index is 2.32. The Morgan fingerprint density at radius 3 is 2.62 bits per heavy atom. The summed E-state index contributed by atoms with van der Waals surface area (Å²) in [5, 5.41) is 14.3. The summed E-state index contributed by atoms with van der Waals surface area (Å²) in [5.41, 5.74) is 0.422. The lowest BCUT2D eigenvalue weighted by atomic mass is 10.1. The lowest BCUT2D eigenvalue weighted by Crippen LogP contribution is -2.29. The molecule has 1 atom stereocenters. The van der Waals surface area contributed by atoms with Crippen LogP contribution in [0.5, 0.6) is 0 Å². The molecule has 0 aliphatic heterocycles. The van der Waals surface area contributed by atoms with Gasteiger partial charge in [0.25, 0.3) is 10.0 Å². The number of aromatic amines is 1. The number of carboxylic acids is 1. The predicted octanol–water partition coefficient (Wildman–Crippen LogP) is 1.54. The van der Waals surface area contributed by atoms with Gasteiger partial charge < -0.3 is 5.11 Å². The Morgan fingerprint density at radius 1 is 1.38 bits per heavy atom. The third-order valence-corrected chi connectivity index (χ3v) is 4.45. The van der Waals surface area contributed by atoms with Crippen molar-refractivity contribution in [2.75, 3.05) is 0 Å². The minimum absolute atomic E-state index is 0.384. The number of aromatic nitrogens is 2. The average Bonchev–Trinajstić information content (AvgIpc) is 2.96. The van der Waals surface area contributed by atoms with Crippen LogP contribution in [0.25, 0.3) is 0 Å². The smallest absolute Gasteiger partial charge is 0.340 e. The molecule has 0 fully saturated rings. The number of hydrogen-bond donors (Lipinski definition) is 3. The molecule has 3 N–H and O–H groups in total. The highest BCUT2D eigenvalue weighted by atomic mass is 32.2. The Bertz CT molecular complexity index is 725. The van der Waals surface area contributed by atoms with Crippen molar-refractivity contribution >= 4 is 16.0 Å². The van der Waals surface area contributed by atoms with Crippen molar-refractivity contribution in [2.24, 2.45) is 0 Å². The molecular weight excluding hydrogens is 294 g/mol. The minimum atomic E-state index is -4.00. The van der Waals surface area contributed by atoms with Crippen LogP contribution in [0.15, 0.2) is 41.6 Å². The molecule has 1 aromatic carbocycles. The van der Waals surface area contributed by atoms with Crippen molar-refractivity contribution in [1.29, 1.82) is 0 Å². The molecule has 0 saturated heterocycles. The summed E-state index contributed by atoms with van der Waals surface area (Å²) >= 11 is 0. The fraction of sp³-hybridized carbons (Fsp3) is 0.231. The van der Waals surface area contributed by atoms with E-state index in [4.69, 9.17) is 5.11 Å². The van der Waals surface area contributed by atoms with Crippen molar-refractivity contribution < 1.29 is 18.3 Å². The molecule has 1 unspecified atom stereocenters. The molecule has 0 amide bonds. The van der Waals surface area contributed by atoms with Crippen LogP contribution in [0, 0.1) is 0 Å². The fourth-order valence-electron chi connectivity index (χ4n) is 1.95. The Kier molecular flexibility index (Phi) is 4.39. The number of hydrogen-bond acceptors (Lipinski definition) is 4. The zero-order valence-electron chi connectivity index (χ0n) is 11.3. The number of H-pyrrole nitrogens is 1. The van der Waals surface area contributed by atoms with Crippen LogP contribution >= 0.6 is 0 Å². The van der Waals surface area contributed by atoms with Crippen LogP contribution in [0.1, 0.15) is 35.3 Å². The van der Waals surface area contributed by atoms with E-state index in [1.165, 1.54) is 0 Å². The number of nitrogens with zero attached hydrogens (tertiary/aromatic N) is 1. The van der Waals surface area contributed by atoms with Crippen LogP contribution in [-0.4, -0.2) is 29.7 Å². The summed E-state index contributed by atoms with van der Waals surface area (Å²) < 4.78 is 27.1. The topological polar surface area (TPSA) is 112 Å². The second-order valence-corrected chi connectivity index (χ2v) is 6.06. The summed E-state index contributed by atoms with van der Waals surface area (Å²) in [6.07, 6.45) is 1.50. The number of nitrogens with one attached hydrogen (secondary N) is 2. The molecule has 1 aromatic heterocycles. The van der Waals surface area contributed by atoms with Crippen molar-refractivity contribution in [3.8, 4) is 0 Å². The van der Waals surface area contributed by atoms with Crippen molar-refractivity contribution in [3.63, 3.8) is 0 Å². The first kappa shape index (κ1) is 15.2. The third kappa shape index (κ3) is 3.29. The molecule has 112 valence electrons. The summed E-state index contributed by atoms with van der Waals surface area (Å²) in [6, 6.07) is 8.63. The quantitative estimate of drug-likeness (QED) is 0.749.